The van der Waals surface area contributed by atoms with E-state index in [0.717, 1.165) is 17.8 Å². The highest BCUT2D eigenvalue weighted by molar-refractivity contribution is 7.80. The fourth-order valence-corrected chi connectivity index (χ4v) is 2.92. The Labute approximate surface area is 167 Å². The molecule has 1 amide bonds. The lowest BCUT2D eigenvalue weighted by molar-refractivity contribution is 0.0968. The van der Waals surface area contributed by atoms with Gasteiger partial charge in [0, 0.05) is 18.2 Å². The van der Waals surface area contributed by atoms with Crippen molar-refractivity contribution in [1.29, 1.82) is 0 Å². The summed E-state index contributed by atoms with van der Waals surface area (Å²) >= 11 is 5.28. The lowest BCUT2D eigenvalue weighted by atomic mass is 9.92. The number of nitrogens with zero attached hydrogens (tertiary/aromatic N) is 2. The van der Waals surface area contributed by atoms with Crippen molar-refractivity contribution in [3.05, 3.63) is 47.3 Å². The Morgan fingerprint density at radius 3 is 2.41 bits per heavy atom. The van der Waals surface area contributed by atoms with E-state index in [1.54, 1.807) is 11.7 Å². The van der Waals surface area contributed by atoms with E-state index in [9.17, 15) is 4.79 Å². The third kappa shape index (κ3) is 6.17. The topological polar surface area (TPSA) is 58.9 Å². The monoisotopic (exact) mass is 386 g/mol. The maximum absolute atomic E-state index is 12.5. The summed E-state index contributed by atoms with van der Waals surface area (Å²) in [4.78, 5) is 12.5. The maximum atomic E-state index is 12.5. The second kappa shape index (κ2) is 9.13. The van der Waals surface area contributed by atoms with Crippen molar-refractivity contribution < 1.29 is 4.79 Å². The number of anilines is 1. The van der Waals surface area contributed by atoms with Gasteiger partial charge in [0.25, 0.3) is 5.91 Å². The van der Waals surface area contributed by atoms with Gasteiger partial charge in [-0.3, -0.25) is 14.8 Å². The highest BCUT2D eigenvalue weighted by Gasteiger charge is 2.22. The van der Waals surface area contributed by atoms with Crippen LogP contribution in [-0.4, -0.2) is 20.8 Å². The zero-order valence-electron chi connectivity index (χ0n) is 16.9. The third-order valence-electron chi connectivity index (χ3n) is 4.39. The van der Waals surface area contributed by atoms with E-state index in [2.05, 4.69) is 55.6 Å². The van der Waals surface area contributed by atoms with Gasteiger partial charge in [0.2, 0.25) is 0 Å². The Morgan fingerprint density at radius 1 is 1.19 bits per heavy atom. The summed E-state index contributed by atoms with van der Waals surface area (Å²) < 4.78 is 1.59. The van der Waals surface area contributed by atoms with Gasteiger partial charge in [-0.1, -0.05) is 52.7 Å². The van der Waals surface area contributed by atoms with Gasteiger partial charge in [-0.15, -0.1) is 0 Å². The van der Waals surface area contributed by atoms with Crippen molar-refractivity contribution in [2.45, 2.75) is 58.8 Å². The molecule has 2 rings (SSSR count). The van der Waals surface area contributed by atoms with Crippen LogP contribution >= 0.6 is 12.2 Å². The second-order valence-corrected chi connectivity index (χ2v) is 8.26. The molecule has 5 nitrogen and oxygen atoms in total. The molecule has 0 aliphatic rings. The summed E-state index contributed by atoms with van der Waals surface area (Å²) in [6, 6.07) is 9.98. The second-order valence-electron chi connectivity index (χ2n) is 7.85. The standard InChI is InChI=1S/C21H30N4OS/c1-6-7-8-9-15-10-12-16(13-11-15)22-20(27)23-19(26)17-14-18(21(2,3)4)24-25(17)5/h10-14H,6-9H2,1-5H3,(H2,22,23,26,27). The SMILES string of the molecule is CCCCCc1ccc(NC(=S)NC(=O)c2cc(C(C)(C)C)nn2C)cc1. The van der Waals surface area contributed by atoms with Crippen LogP contribution in [0, 0.1) is 0 Å². The Hall–Kier alpha value is -2.21. The van der Waals surface area contributed by atoms with Gasteiger partial charge >= 0.3 is 0 Å². The zero-order chi connectivity index (χ0) is 20.0. The molecule has 2 aromatic rings. The lowest BCUT2D eigenvalue weighted by Gasteiger charge is -2.13. The van der Waals surface area contributed by atoms with E-state index >= 15 is 0 Å². The Morgan fingerprint density at radius 2 is 1.85 bits per heavy atom. The minimum absolute atomic E-state index is 0.117. The van der Waals surface area contributed by atoms with Gasteiger partial charge in [-0.05, 0) is 48.8 Å². The maximum Gasteiger partial charge on any atom is 0.275 e. The highest BCUT2D eigenvalue weighted by Crippen LogP contribution is 2.21. The number of aromatic nitrogens is 2. The van der Waals surface area contributed by atoms with Crippen LogP contribution in [0.1, 0.15) is 68.7 Å². The van der Waals surface area contributed by atoms with Crippen molar-refractivity contribution in [1.82, 2.24) is 15.1 Å². The van der Waals surface area contributed by atoms with Gasteiger partial charge < -0.3 is 5.32 Å². The minimum atomic E-state index is -0.269. The van der Waals surface area contributed by atoms with Gasteiger partial charge in [-0.2, -0.15) is 5.10 Å². The van der Waals surface area contributed by atoms with Crippen LogP contribution in [0.15, 0.2) is 30.3 Å². The van der Waals surface area contributed by atoms with Crippen LogP contribution < -0.4 is 10.6 Å². The van der Waals surface area contributed by atoms with Crippen LogP contribution in [0.3, 0.4) is 0 Å². The minimum Gasteiger partial charge on any atom is -0.332 e. The van der Waals surface area contributed by atoms with Crippen molar-refractivity contribution in [2.24, 2.45) is 7.05 Å². The molecular weight excluding hydrogens is 356 g/mol. The van der Waals surface area contributed by atoms with Gasteiger partial charge in [-0.25, -0.2) is 0 Å². The number of carbonyl (C=O) groups is 1. The predicted octanol–water partition coefficient (Wildman–Crippen LogP) is 4.58. The van der Waals surface area contributed by atoms with Gasteiger partial charge in [0.1, 0.15) is 5.69 Å². The first-order chi connectivity index (χ1) is 12.7. The zero-order valence-corrected chi connectivity index (χ0v) is 17.7. The molecule has 0 aliphatic heterocycles. The van der Waals surface area contributed by atoms with Crippen molar-refractivity contribution in [2.75, 3.05) is 5.32 Å². The van der Waals surface area contributed by atoms with E-state index < -0.39 is 0 Å². The summed E-state index contributed by atoms with van der Waals surface area (Å²) in [6.07, 6.45) is 4.77. The third-order valence-corrected chi connectivity index (χ3v) is 4.59. The lowest BCUT2D eigenvalue weighted by Crippen LogP contribution is -2.35. The number of hydrogen-bond donors (Lipinski definition) is 2. The number of thiocarbonyl (C=S) groups is 1. The number of nitrogens with one attached hydrogen (secondary N) is 2. The van der Waals surface area contributed by atoms with E-state index in [0.29, 0.717) is 5.69 Å². The number of amides is 1. The fraction of sp³-hybridized carbons (Fsp3) is 0.476. The Balaban J connectivity index is 1.93. The first kappa shape index (κ1) is 21.1. The molecule has 0 saturated carbocycles. The van der Waals surface area contributed by atoms with Crippen molar-refractivity contribution >= 4 is 28.9 Å². The average Bonchev–Trinajstić information content (AvgIpc) is 2.99. The molecule has 0 radical (unpaired) electrons. The first-order valence-corrected chi connectivity index (χ1v) is 9.87. The molecule has 1 aromatic heterocycles. The summed E-state index contributed by atoms with van der Waals surface area (Å²) in [6.45, 7) is 8.40. The summed E-state index contributed by atoms with van der Waals surface area (Å²) in [5.41, 5.74) is 3.41. The smallest absolute Gasteiger partial charge is 0.275 e. The molecule has 2 N–H and O–H groups in total. The highest BCUT2D eigenvalue weighted by atomic mass is 32.1. The van der Waals surface area contributed by atoms with E-state index in [4.69, 9.17) is 12.2 Å². The van der Waals surface area contributed by atoms with Crippen LogP contribution in [-0.2, 0) is 18.9 Å². The average molecular weight is 387 g/mol. The largest absolute Gasteiger partial charge is 0.332 e. The number of hydrogen-bond acceptors (Lipinski definition) is 3. The molecule has 0 saturated heterocycles. The first-order valence-electron chi connectivity index (χ1n) is 9.46. The van der Waals surface area contributed by atoms with Crippen LogP contribution in [0.5, 0.6) is 0 Å². The normalized spacial score (nSPS) is 11.3. The van der Waals surface area contributed by atoms with Crippen LogP contribution in [0.4, 0.5) is 5.69 Å². The number of carbonyl (C=O) groups excluding carboxylic acids is 1. The number of benzene rings is 1. The van der Waals surface area contributed by atoms with E-state index in [-0.39, 0.29) is 16.4 Å². The summed E-state index contributed by atoms with van der Waals surface area (Å²) in [5, 5.41) is 10.5. The van der Waals surface area contributed by atoms with Gasteiger partial charge in [0.15, 0.2) is 5.11 Å². The van der Waals surface area contributed by atoms with Crippen LogP contribution in [0.2, 0.25) is 0 Å². The van der Waals surface area contributed by atoms with Crippen molar-refractivity contribution in [3.8, 4) is 0 Å². The molecule has 0 bridgehead atoms. The molecule has 0 spiro atoms. The number of unbranched alkanes of at least 4 members (excludes halogenated alkanes) is 2. The molecule has 0 unspecified atom stereocenters. The Kier molecular flexibility index (Phi) is 7.13. The molecule has 0 fully saturated rings. The van der Waals surface area contributed by atoms with Crippen LogP contribution in [0.25, 0.3) is 0 Å². The number of aryl methyl sites for hydroxylation is 2. The summed E-state index contributed by atoms with van der Waals surface area (Å²) in [7, 11) is 1.76. The molecule has 0 aliphatic carbocycles. The quantitative estimate of drug-likeness (QED) is 0.564. The van der Waals surface area contributed by atoms with Crippen molar-refractivity contribution in [3.63, 3.8) is 0 Å². The fourth-order valence-electron chi connectivity index (χ4n) is 2.71. The van der Waals surface area contributed by atoms with Gasteiger partial charge in [0.05, 0.1) is 5.69 Å². The number of rotatable bonds is 6. The molecule has 27 heavy (non-hydrogen) atoms. The van der Waals surface area contributed by atoms with E-state index in [1.165, 1.54) is 24.8 Å². The summed E-state index contributed by atoms with van der Waals surface area (Å²) in [5.74, 6) is -0.269. The molecule has 0 atom stereocenters. The Bertz CT molecular complexity index is 788. The molecular formula is C21H30N4OS. The molecule has 1 aromatic carbocycles. The van der Waals surface area contributed by atoms with E-state index in [1.807, 2.05) is 18.2 Å². The molecule has 146 valence electrons. The molecule has 6 heteroatoms. The predicted molar refractivity (Wildman–Crippen MR) is 115 cm³/mol. The molecule has 1 heterocycles.